The zero-order chi connectivity index (χ0) is 14.3. The van der Waals surface area contributed by atoms with Crippen LogP contribution in [0.3, 0.4) is 0 Å². The molecule has 1 saturated heterocycles. The normalized spacial score (nSPS) is 23.9. The van der Waals surface area contributed by atoms with Gasteiger partial charge in [0.25, 0.3) is 0 Å². The number of ether oxygens (including phenoxy) is 2. The molecule has 1 heterocycles. The lowest BCUT2D eigenvalue weighted by Crippen LogP contribution is -2.41. The van der Waals surface area contributed by atoms with Gasteiger partial charge in [0.1, 0.15) is 0 Å². The van der Waals surface area contributed by atoms with E-state index in [9.17, 15) is 9.59 Å². The number of urea groups is 1. The van der Waals surface area contributed by atoms with Crippen LogP contribution in [0.25, 0.3) is 0 Å². The monoisotopic (exact) mass is 274 g/mol. The van der Waals surface area contributed by atoms with Gasteiger partial charge >= 0.3 is 12.0 Å². The quantitative estimate of drug-likeness (QED) is 0.616. The third kappa shape index (κ3) is 5.89. The van der Waals surface area contributed by atoms with E-state index in [0.717, 1.165) is 0 Å². The van der Waals surface area contributed by atoms with Gasteiger partial charge in [0.05, 0.1) is 12.7 Å². The number of amides is 2. The Balaban J connectivity index is 2.12. The van der Waals surface area contributed by atoms with E-state index in [1.54, 1.807) is 7.11 Å². The highest BCUT2D eigenvalue weighted by molar-refractivity contribution is 5.74. The summed E-state index contributed by atoms with van der Waals surface area (Å²) in [5.74, 6) is -0.699. The summed E-state index contributed by atoms with van der Waals surface area (Å²) in [7, 11) is 1.62. The summed E-state index contributed by atoms with van der Waals surface area (Å²) in [6.45, 7) is 3.42. The molecular weight excluding hydrogens is 252 g/mol. The van der Waals surface area contributed by atoms with Crippen molar-refractivity contribution in [3.63, 3.8) is 0 Å². The highest BCUT2D eigenvalue weighted by Crippen LogP contribution is 2.19. The number of hydrogen-bond donors (Lipinski definition) is 3. The van der Waals surface area contributed by atoms with Crippen LogP contribution in [-0.2, 0) is 14.3 Å². The first-order valence-electron chi connectivity index (χ1n) is 6.41. The average Bonchev–Trinajstić information content (AvgIpc) is 2.83. The number of carboxylic acids is 1. The van der Waals surface area contributed by atoms with Crippen LogP contribution < -0.4 is 10.6 Å². The van der Waals surface area contributed by atoms with E-state index in [-0.39, 0.29) is 18.1 Å². The van der Waals surface area contributed by atoms with Crippen molar-refractivity contribution in [3.8, 4) is 0 Å². The van der Waals surface area contributed by atoms with Gasteiger partial charge in [0.15, 0.2) is 6.10 Å². The topological polar surface area (TPSA) is 96.9 Å². The van der Waals surface area contributed by atoms with Crippen LogP contribution in [0.2, 0.25) is 0 Å². The van der Waals surface area contributed by atoms with Gasteiger partial charge in [-0.1, -0.05) is 6.92 Å². The Morgan fingerprint density at radius 3 is 2.74 bits per heavy atom. The van der Waals surface area contributed by atoms with Crippen molar-refractivity contribution in [3.05, 3.63) is 0 Å². The first-order chi connectivity index (χ1) is 9.02. The van der Waals surface area contributed by atoms with E-state index < -0.39 is 12.1 Å². The fourth-order valence-corrected chi connectivity index (χ4v) is 1.92. The smallest absolute Gasteiger partial charge is 0.332 e. The van der Waals surface area contributed by atoms with Gasteiger partial charge < -0.3 is 25.2 Å². The molecule has 1 aliphatic rings. The molecular formula is C12H22N2O5. The van der Waals surface area contributed by atoms with Crippen molar-refractivity contribution in [1.82, 2.24) is 10.6 Å². The minimum Gasteiger partial charge on any atom is -0.479 e. The van der Waals surface area contributed by atoms with E-state index in [2.05, 4.69) is 10.6 Å². The Labute approximate surface area is 112 Å². The summed E-state index contributed by atoms with van der Waals surface area (Å²) in [4.78, 5) is 22.2. The van der Waals surface area contributed by atoms with E-state index in [1.807, 2.05) is 6.92 Å². The largest absolute Gasteiger partial charge is 0.479 e. The van der Waals surface area contributed by atoms with Crippen molar-refractivity contribution >= 4 is 12.0 Å². The van der Waals surface area contributed by atoms with Gasteiger partial charge in [-0.25, -0.2) is 9.59 Å². The van der Waals surface area contributed by atoms with Gasteiger partial charge in [-0.2, -0.15) is 0 Å². The molecule has 19 heavy (non-hydrogen) atoms. The van der Waals surface area contributed by atoms with Crippen LogP contribution in [0.4, 0.5) is 4.79 Å². The number of carbonyl (C=O) groups excluding carboxylic acids is 1. The van der Waals surface area contributed by atoms with Crippen molar-refractivity contribution in [1.29, 1.82) is 0 Å². The average molecular weight is 274 g/mol. The number of hydrogen-bond acceptors (Lipinski definition) is 4. The van der Waals surface area contributed by atoms with Gasteiger partial charge in [-0.15, -0.1) is 0 Å². The number of carboxylic acid groups (broad SMARTS) is 1. The van der Waals surface area contributed by atoms with Crippen molar-refractivity contribution < 1.29 is 24.2 Å². The van der Waals surface area contributed by atoms with Crippen molar-refractivity contribution in [2.45, 2.75) is 32.0 Å². The van der Waals surface area contributed by atoms with Crippen LogP contribution in [0.15, 0.2) is 0 Å². The molecule has 1 rings (SSSR count). The first-order valence-corrected chi connectivity index (χ1v) is 6.41. The first kappa shape index (κ1) is 15.7. The third-order valence-corrected chi connectivity index (χ3v) is 2.94. The Bertz CT molecular complexity index is 310. The lowest BCUT2D eigenvalue weighted by atomic mass is 10.2. The molecule has 3 N–H and O–H groups in total. The van der Waals surface area contributed by atoms with Crippen LogP contribution >= 0.6 is 0 Å². The second-order valence-electron chi connectivity index (χ2n) is 4.81. The van der Waals surface area contributed by atoms with Crippen LogP contribution in [-0.4, -0.2) is 56.1 Å². The van der Waals surface area contributed by atoms with Gasteiger partial charge in [-0.3, -0.25) is 0 Å². The van der Waals surface area contributed by atoms with Gasteiger partial charge in [-0.05, 0) is 18.8 Å². The molecule has 7 heteroatoms. The SMILES string of the molecule is COCC(C)CNC(=O)NCC1CCC(C(=O)O)O1. The molecule has 0 aliphatic carbocycles. The predicted octanol–water partition coefficient (Wildman–Crippen LogP) is 0.200. The lowest BCUT2D eigenvalue weighted by molar-refractivity contribution is -0.149. The third-order valence-electron chi connectivity index (χ3n) is 2.94. The molecule has 0 saturated carbocycles. The number of aliphatic carboxylic acids is 1. The molecule has 7 nitrogen and oxygen atoms in total. The van der Waals surface area contributed by atoms with E-state index >= 15 is 0 Å². The van der Waals surface area contributed by atoms with Crippen molar-refractivity contribution in [2.24, 2.45) is 5.92 Å². The Morgan fingerprint density at radius 1 is 1.42 bits per heavy atom. The summed E-state index contributed by atoms with van der Waals surface area (Å²) in [5, 5.41) is 14.2. The molecule has 1 aliphatic heterocycles. The molecule has 3 unspecified atom stereocenters. The summed E-state index contributed by atoms with van der Waals surface area (Å²) >= 11 is 0. The predicted molar refractivity (Wildman–Crippen MR) is 68.0 cm³/mol. The molecule has 0 aromatic heterocycles. The molecule has 1 fully saturated rings. The minimum atomic E-state index is -0.944. The molecule has 0 bridgehead atoms. The number of carbonyl (C=O) groups is 2. The summed E-state index contributed by atoms with van der Waals surface area (Å²) in [6.07, 6.45) is 0.186. The zero-order valence-corrected chi connectivity index (χ0v) is 11.3. The molecule has 0 aromatic rings. The fourth-order valence-electron chi connectivity index (χ4n) is 1.92. The summed E-state index contributed by atoms with van der Waals surface area (Å²) < 4.78 is 10.2. The highest BCUT2D eigenvalue weighted by Gasteiger charge is 2.30. The maximum absolute atomic E-state index is 11.5. The van der Waals surface area contributed by atoms with Gasteiger partial charge in [0.2, 0.25) is 0 Å². The van der Waals surface area contributed by atoms with Crippen molar-refractivity contribution in [2.75, 3.05) is 26.8 Å². The fraction of sp³-hybridized carbons (Fsp3) is 0.833. The highest BCUT2D eigenvalue weighted by atomic mass is 16.5. The molecule has 0 spiro atoms. The Morgan fingerprint density at radius 2 is 2.16 bits per heavy atom. The van der Waals surface area contributed by atoms with Crippen LogP contribution in [0, 0.1) is 5.92 Å². The van der Waals surface area contributed by atoms with E-state index in [1.165, 1.54) is 0 Å². The van der Waals surface area contributed by atoms with Crippen LogP contribution in [0.1, 0.15) is 19.8 Å². The standard InChI is InChI=1S/C12H22N2O5/c1-8(7-18-2)5-13-12(17)14-6-9-3-4-10(19-9)11(15)16/h8-10H,3-7H2,1-2H3,(H,15,16)(H2,13,14,17). The molecule has 110 valence electrons. The molecule has 0 aromatic carbocycles. The molecule has 0 radical (unpaired) electrons. The van der Waals surface area contributed by atoms with Gasteiger partial charge in [0, 0.05) is 20.2 Å². The maximum atomic E-state index is 11.5. The zero-order valence-electron chi connectivity index (χ0n) is 11.3. The number of nitrogens with one attached hydrogen (secondary N) is 2. The number of methoxy groups -OCH3 is 1. The van der Waals surface area contributed by atoms with E-state index in [4.69, 9.17) is 14.6 Å². The second-order valence-corrected chi connectivity index (χ2v) is 4.81. The summed E-state index contributed by atoms with van der Waals surface area (Å²) in [5.41, 5.74) is 0. The number of rotatable bonds is 7. The molecule has 3 atom stereocenters. The van der Waals surface area contributed by atoms with E-state index in [0.29, 0.717) is 32.5 Å². The minimum absolute atomic E-state index is 0.219. The second kappa shape index (κ2) is 7.96. The van der Waals surface area contributed by atoms with Crippen LogP contribution in [0.5, 0.6) is 0 Å². The Kier molecular flexibility index (Phi) is 6.58. The summed E-state index contributed by atoms with van der Waals surface area (Å²) in [6, 6.07) is -0.273. The molecule has 2 amide bonds. The maximum Gasteiger partial charge on any atom is 0.332 e. The Hall–Kier alpha value is -1.34. The lowest BCUT2D eigenvalue weighted by Gasteiger charge is -2.15.